The fraction of sp³-hybridized carbons (Fsp3) is 0.692. The molecule has 0 aromatic carbocycles. The first-order valence-corrected chi connectivity index (χ1v) is 6.81. The molecule has 1 N–H and O–H groups in total. The maximum atomic E-state index is 11.5. The van der Waals surface area contributed by atoms with Crippen molar-refractivity contribution in [2.24, 2.45) is 0 Å². The number of aromatic nitrogens is 3. The van der Waals surface area contributed by atoms with Crippen molar-refractivity contribution in [2.45, 2.75) is 46.3 Å². The van der Waals surface area contributed by atoms with Crippen molar-refractivity contribution in [3.8, 4) is 0 Å². The predicted octanol–water partition coefficient (Wildman–Crippen LogP) is 0.908. The van der Waals surface area contributed by atoms with E-state index in [1.807, 2.05) is 0 Å². The van der Waals surface area contributed by atoms with Crippen molar-refractivity contribution in [2.75, 3.05) is 13.2 Å². The largest absolute Gasteiger partial charge is 0.466 e. The number of nitrogens with zero attached hydrogens (tertiary/aromatic N) is 3. The Balaban J connectivity index is 2.41. The summed E-state index contributed by atoms with van der Waals surface area (Å²) >= 11 is 0. The molecule has 0 fully saturated rings. The summed E-state index contributed by atoms with van der Waals surface area (Å²) in [4.78, 5) is 26.9. The summed E-state index contributed by atoms with van der Waals surface area (Å²) in [5.74, 6) is 0.145. The molecule has 1 rings (SSSR count). The average Bonchev–Trinajstić information content (AvgIpc) is 2.74. The van der Waals surface area contributed by atoms with Crippen LogP contribution in [0.1, 0.15) is 33.5 Å². The molecule has 0 aliphatic carbocycles. The van der Waals surface area contributed by atoms with Gasteiger partial charge in [0.2, 0.25) is 0 Å². The molecule has 0 aliphatic heterocycles. The van der Waals surface area contributed by atoms with Crippen LogP contribution in [-0.4, -0.2) is 45.6 Å². The van der Waals surface area contributed by atoms with Gasteiger partial charge in [-0.25, -0.2) is 14.5 Å². The summed E-state index contributed by atoms with van der Waals surface area (Å²) in [7, 11) is 0. The molecule has 0 atom stereocenters. The van der Waals surface area contributed by atoms with Gasteiger partial charge >= 0.3 is 12.1 Å². The molecule has 1 aromatic heterocycles. The minimum Gasteiger partial charge on any atom is -0.466 e. The summed E-state index contributed by atoms with van der Waals surface area (Å²) in [6.07, 6.45) is 0.928. The fourth-order valence-corrected chi connectivity index (χ4v) is 1.53. The van der Waals surface area contributed by atoms with E-state index in [1.165, 1.54) is 6.33 Å². The average molecular weight is 298 g/mol. The molecule has 0 bridgehead atoms. The Morgan fingerprint density at radius 1 is 1.38 bits per heavy atom. The van der Waals surface area contributed by atoms with Crippen LogP contribution >= 0.6 is 0 Å². The van der Waals surface area contributed by atoms with Gasteiger partial charge in [-0.3, -0.25) is 4.79 Å². The van der Waals surface area contributed by atoms with E-state index in [0.29, 0.717) is 25.5 Å². The van der Waals surface area contributed by atoms with Crippen molar-refractivity contribution < 1.29 is 19.1 Å². The van der Waals surface area contributed by atoms with Gasteiger partial charge in [-0.1, -0.05) is 0 Å². The highest BCUT2D eigenvalue weighted by atomic mass is 16.6. The molecule has 0 saturated carbocycles. The third-order valence-corrected chi connectivity index (χ3v) is 2.30. The zero-order valence-corrected chi connectivity index (χ0v) is 12.9. The molecular weight excluding hydrogens is 276 g/mol. The van der Waals surface area contributed by atoms with Crippen molar-refractivity contribution in [3.05, 3.63) is 12.2 Å². The van der Waals surface area contributed by atoms with Gasteiger partial charge in [-0.05, 0) is 27.7 Å². The van der Waals surface area contributed by atoms with Crippen LogP contribution in [0.15, 0.2) is 6.33 Å². The van der Waals surface area contributed by atoms with Crippen LogP contribution in [0, 0.1) is 0 Å². The molecule has 0 unspecified atom stereocenters. The molecular formula is C13H22N4O4. The molecule has 0 saturated heterocycles. The highest BCUT2D eigenvalue weighted by molar-refractivity contribution is 5.71. The summed E-state index contributed by atoms with van der Waals surface area (Å²) in [5.41, 5.74) is -0.535. The van der Waals surface area contributed by atoms with Gasteiger partial charge in [0.15, 0.2) is 0 Å². The second-order valence-electron chi connectivity index (χ2n) is 5.31. The topological polar surface area (TPSA) is 95.3 Å². The summed E-state index contributed by atoms with van der Waals surface area (Å²) in [6, 6.07) is 0. The van der Waals surface area contributed by atoms with Gasteiger partial charge < -0.3 is 14.8 Å². The molecule has 8 nitrogen and oxygen atoms in total. The lowest BCUT2D eigenvalue weighted by Gasteiger charge is -2.19. The van der Waals surface area contributed by atoms with Crippen LogP contribution in [-0.2, 0) is 27.2 Å². The molecule has 1 heterocycles. The van der Waals surface area contributed by atoms with Crippen LogP contribution in [0.5, 0.6) is 0 Å². The number of alkyl carbamates (subject to hydrolysis) is 1. The van der Waals surface area contributed by atoms with Gasteiger partial charge in [0.25, 0.3) is 0 Å². The number of esters is 1. The lowest BCUT2D eigenvalue weighted by molar-refractivity contribution is -0.142. The minimum atomic E-state index is -0.535. The van der Waals surface area contributed by atoms with Crippen LogP contribution in [0.4, 0.5) is 4.79 Å². The Labute approximate surface area is 123 Å². The van der Waals surface area contributed by atoms with Gasteiger partial charge in [0, 0.05) is 6.54 Å². The lowest BCUT2D eigenvalue weighted by atomic mass is 10.2. The van der Waals surface area contributed by atoms with Crippen LogP contribution in [0.2, 0.25) is 0 Å². The number of rotatable bonds is 6. The van der Waals surface area contributed by atoms with Crippen molar-refractivity contribution in [1.29, 1.82) is 0 Å². The Morgan fingerprint density at radius 2 is 2.10 bits per heavy atom. The zero-order valence-electron chi connectivity index (χ0n) is 12.9. The number of hydrogen-bond acceptors (Lipinski definition) is 6. The van der Waals surface area contributed by atoms with E-state index in [0.717, 1.165) is 0 Å². The SMILES string of the molecule is CCOC(=O)Cc1ncnn1CCNC(=O)OC(C)(C)C. The van der Waals surface area contributed by atoms with E-state index < -0.39 is 11.7 Å². The van der Waals surface area contributed by atoms with Crippen molar-refractivity contribution >= 4 is 12.1 Å². The normalized spacial score (nSPS) is 11.0. The number of carbonyl (C=O) groups excluding carboxylic acids is 2. The second kappa shape index (κ2) is 7.61. The Bertz CT molecular complexity index is 479. The van der Waals surface area contributed by atoms with Gasteiger partial charge in [0.05, 0.1) is 13.2 Å². The first-order valence-electron chi connectivity index (χ1n) is 6.81. The maximum Gasteiger partial charge on any atom is 0.407 e. The van der Waals surface area contributed by atoms with Crippen LogP contribution in [0.3, 0.4) is 0 Å². The standard InChI is InChI=1S/C13H22N4O4/c1-5-20-11(18)8-10-15-9-16-17(10)7-6-14-12(19)21-13(2,3)4/h9H,5-8H2,1-4H3,(H,14,19). The smallest absolute Gasteiger partial charge is 0.407 e. The van der Waals surface area contributed by atoms with E-state index in [2.05, 4.69) is 15.4 Å². The first kappa shape index (κ1) is 16.9. The summed E-state index contributed by atoms with van der Waals surface area (Å²) in [6.45, 7) is 8.17. The number of hydrogen-bond donors (Lipinski definition) is 1. The number of ether oxygens (including phenoxy) is 2. The highest BCUT2D eigenvalue weighted by Gasteiger charge is 2.16. The van der Waals surface area contributed by atoms with E-state index >= 15 is 0 Å². The Morgan fingerprint density at radius 3 is 2.71 bits per heavy atom. The van der Waals surface area contributed by atoms with Gasteiger partial charge in [0.1, 0.15) is 24.2 Å². The number of carbonyl (C=O) groups is 2. The van der Waals surface area contributed by atoms with Crippen molar-refractivity contribution in [3.63, 3.8) is 0 Å². The van der Waals surface area contributed by atoms with Crippen molar-refractivity contribution in [1.82, 2.24) is 20.1 Å². The van der Waals surface area contributed by atoms with E-state index in [4.69, 9.17) is 9.47 Å². The Hall–Kier alpha value is -2.12. The van der Waals surface area contributed by atoms with Gasteiger partial charge in [-0.15, -0.1) is 0 Å². The quantitative estimate of drug-likeness (QED) is 0.784. The highest BCUT2D eigenvalue weighted by Crippen LogP contribution is 2.06. The molecule has 118 valence electrons. The molecule has 0 spiro atoms. The first-order chi connectivity index (χ1) is 9.81. The maximum absolute atomic E-state index is 11.5. The number of nitrogens with one attached hydrogen (secondary N) is 1. The molecule has 1 amide bonds. The molecule has 0 radical (unpaired) electrons. The zero-order chi connectivity index (χ0) is 15.9. The third-order valence-electron chi connectivity index (χ3n) is 2.30. The van der Waals surface area contributed by atoms with Crippen LogP contribution < -0.4 is 5.32 Å². The van der Waals surface area contributed by atoms with E-state index in [9.17, 15) is 9.59 Å². The molecule has 8 heteroatoms. The van der Waals surface area contributed by atoms with Crippen LogP contribution in [0.25, 0.3) is 0 Å². The molecule has 21 heavy (non-hydrogen) atoms. The van der Waals surface area contributed by atoms with E-state index in [-0.39, 0.29) is 12.4 Å². The fourth-order valence-electron chi connectivity index (χ4n) is 1.53. The Kier molecular flexibility index (Phi) is 6.13. The molecule has 1 aromatic rings. The predicted molar refractivity (Wildman–Crippen MR) is 74.6 cm³/mol. The number of amides is 1. The second-order valence-corrected chi connectivity index (χ2v) is 5.31. The summed E-state index contributed by atoms with van der Waals surface area (Å²) < 4.78 is 11.5. The third kappa shape index (κ3) is 6.73. The monoisotopic (exact) mass is 298 g/mol. The molecule has 0 aliphatic rings. The van der Waals surface area contributed by atoms with Gasteiger partial charge in [-0.2, -0.15) is 5.10 Å². The van der Waals surface area contributed by atoms with E-state index in [1.54, 1.807) is 32.4 Å². The lowest BCUT2D eigenvalue weighted by Crippen LogP contribution is -2.34. The minimum absolute atomic E-state index is 0.0558. The summed E-state index contributed by atoms with van der Waals surface area (Å²) in [5, 5.41) is 6.62.